The lowest BCUT2D eigenvalue weighted by molar-refractivity contribution is 0.214. The van der Waals surface area contributed by atoms with Gasteiger partial charge in [0.25, 0.3) is 0 Å². The summed E-state index contributed by atoms with van der Waals surface area (Å²) in [7, 11) is 0. The lowest BCUT2D eigenvalue weighted by Gasteiger charge is -2.31. The molecule has 0 fully saturated rings. The van der Waals surface area contributed by atoms with Gasteiger partial charge in [-0.15, -0.1) is 29.1 Å². The summed E-state index contributed by atoms with van der Waals surface area (Å²) in [5.74, 6) is 5.61. The summed E-state index contributed by atoms with van der Waals surface area (Å²) < 4.78 is 12.2. The average molecular weight is 914 g/mol. The van der Waals surface area contributed by atoms with Crippen molar-refractivity contribution in [2.24, 2.45) is 0 Å². The topological polar surface area (TPSA) is 21.7 Å². The number of benzene rings is 3. The number of nitrogens with zero attached hydrogens (tertiary/aromatic N) is 1. The van der Waals surface area contributed by atoms with Crippen molar-refractivity contribution in [3.63, 3.8) is 0 Å². The smallest absolute Gasteiger partial charge is 0.119 e. The number of allylic oxidation sites excluding steroid dienone is 6. The van der Waals surface area contributed by atoms with Crippen LogP contribution in [0.4, 0.5) is 11.4 Å². The maximum atomic E-state index is 6.10. The third kappa shape index (κ3) is 10.9. The van der Waals surface area contributed by atoms with Crippen molar-refractivity contribution >= 4 is 34.0 Å². The van der Waals surface area contributed by atoms with Gasteiger partial charge in [-0.3, -0.25) is 0 Å². The number of thiophene rings is 2. The molecule has 3 nitrogen and oxygen atoms in total. The van der Waals surface area contributed by atoms with Crippen LogP contribution in [-0.2, 0) is 10.2 Å². The highest BCUT2D eigenvalue weighted by atomic mass is 32.1. The molecule has 0 N–H and O–H groups in total. The number of rotatable bonds is 24. The first kappa shape index (κ1) is 47.5. The summed E-state index contributed by atoms with van der Waals surface area (Å²) in [6.45, 7) is 10.7. The van der Waals surface area contributed by atoms with Crippen LogP contribution in [0.3, 0.4) is 0 Å². The highest BCUT2D eigenvalue weighted by molar-refractivity contribution is 7.24. The second kappa shape index (κ2) is 23.1. The number of hydrogen-bond acceptors (Lipinski definition) is 5. The van der Waals surface area contributed by atoms with E-state index in [1.165, 1.54) is 125 Å². The van der Waals surface area contributed by atoms with E-state index in [-0.39, 0.29) is 5.41 Å². The minimum Gasteiger partial charge on any atom is -0.494 e. The summed E-state index contributed by atoms with van der Waals surface area (Å²) in [5, 5.41) is 0. The molecule has 0 bridgehead atoms. The maximum Gasteiger partial charge on any atom is 0.119 e. The molecule has 8 rings (SSSR count). The van der Waals surface area contributed by atoms with Gasteiger partial charge in [0.05, 0.1) is 18.1 Å². The van der Waals surface area contributed by atoms with Gasteiger partial charge in [0, 0.05) is 49.0 Å². The molecule has 66 heavy (non-hydrogen) atoms. The van der Waals surface area contributed by atoms with Gasteiger partial charge in [-0.25, -0.2) is 0 Å². The first-order valence-corrected chi connectivity index (χ1v) is 27.0. The van der Waals surface area contributed by atoms with E-state index in [2.05, 4.69) is 160 Å². The Balaban J connectivity index is 1.04. The van der Waals surface area contributed by atoms with Gasteiger partial charge in [0.1, 0.15) is 11.5 Å². The number of ether oxygens (including phenoxy) is 2. The lowest BCUT2D eigenvalue weighted by Crippen LogP contribution is -2.24. The van der Waals surface area contributed by atoms with Gasteiger partial charge >= 0.3 is 0 Å². The summed E-state index contributed by atoms with van der Waals surface area (Å²) in [6.07, 6.45) is 38.7. The number of fused-ring (bicyclic) bond motifs is 3. The zero-order valence-corrected chi connectivity index (χ0v) is 41.7. The van der Waals surface area contributed by atoms with E-state index in [1.807, 2.05) is 22.7 Å². The third-order valence-electron chi connectivity index (χ3n) is 14.0. The van der Waals surface area contributed by atoms with Crippen molar-refractivity contribution in [3.8, 4) is 38.3 Å². The fourth-order valence-corrected chi connectivity index (χ4v) is 12.6. The second-order valence-electron chi connectivity index (χ2n) is 18.6. The standard InChI is InChI=1S/C61H71NO2S2/c1-6-11-15-17-41-63-53-35-25-47(26-36-53)45-19-29-50(30-20-45)62(51-31-21-46(22-32-51)48-27-37-54(38-28-48)64-42-18-16-12-7-2)52-33-23-49(24-34-52)58-44-57-60(66-58)59-56(43-55(10-5)65-59)61(57,39-13-8-3)40-14-9-4/h5,19-21,23-25,27-38,43-44,46-47H,6-9,11-18,22,26,39-42H2,1-4H3. The van der Waals surface area contributed by atoms with Gasteiger partial charge in [0.2, 0.25) is 0 Å². The number of hydrogen-bond donors (Lipinski definition) is 0. The van der Waals surface area contributed by atoms with Crippen LogP contribution in [0.15, 0.2) is 133 Å². The Labute approximate surface area is 405 Å². The fraction of sp³-hybridized carbons (Fsp3) is 0.410. The Morgan fingerprint density at radius 3 is 1.74 bits per heavy atom. The van der Waals surface area contributed by atoms with Crippen molar-refractivity contribution in [2.75, 3.05) is 18.1 Å². The summed E-state index contributed by atoms with van der Waals surface area (Å²) in [5.41, 5.74) is 10.5. The quantitative estimate of drug-likeness (QED) is 0.0455. The monoisotopic (exact) mass is 913 g/mol. The second-order valence-corrected chi connectivity index (χ2v) is 20.7. The molecule has 0 saturated carbocycles. The van der Waals surface area contributed by atoms with Crippen LogP contribution in [0, 0.1) is 12.3 Å². The third-order valence-corrected chi connectivity index (χ3v) is 16.4. The Bertz CT molecular complexity index is 2500. The molecule has 0 radical (unpaired) electrons. The molecular weight excluding hydrogens is 843 g/mol. The molecule has 2 aromatic heterocycles. The van der Waals surface area contributed by atoms with Crippen LogP contribution in [0.1, 0.15) is 169 Å². The number of terminal acetylenes is 1. The van der Waals surface area contributed by atoms with E-state index >= 15 is 0 Å². The summed E-state index contributed by atoms with van der Waals surface area (Å²) in [6, 6.07) is 32.2. The Morgan fingerprint density at radius 1 is 0.606 bits per heavy atom. The molecule has 344 valence electrons. The molecule has 3 aliphatic carbocycles. The van der Waals surface area contributed by atoms with Crippen molar-refractivity contribution in [1.82, 2.24) is 0 Å². The van der Waals surface area contributed by atoms with E-state index in [4.69, 9.17) is 15.9 Å². The van der Waals surface area contributed by atoms with Crippen LogP contribution in [0.5, 0.6) is 5.75 Å². The Hall–Kier alpha value is -5.02. The highest BCUT2D eigenvalue weighted by Gasteiger charge is 2.45. The molecule has 5 heteroatoms. The zero-order valence-electron chi connectivity index (χ0n) is 40.1. The first-order valence-electron chi connectivity index (χ1n) is 25.4. The number of unbranched alkanes of at least 4 members (excludes halogenated alkanes) is 8. The van der Waals surface area contributed by atoms with E-state index < -0.39 is 0 Å². The van der Waals surface area contributed by atoms with Crippen LogP contribution >= 0.6 is 22.7 Å². The molecule has 0 amide bonds. The molecule has 0 spiro atoms. The van der Waals surface area contributed by atoms with E-state index in [0.717, 1.165) is 66.7 Å². The molecule has 2 heterocycles. The molecule has 0 aliphatic heterocycles. The Morgan fingerprint density at radius 2 is 1.17 bits per heavy atom. The van der Waals surface area contributed by atoms with Crippen molar-refractivity contribution in [3.05, 3.63) is 160 Å². The number of anilines is 2. The molecule has 2 atom stereocenters. The van der Waals surface area contributed by atoms with Crippen molar-refractivity contribution in [1.29, 1.82) is 0 Å². The van der Waals surface area contributed by atoms with Crippen LogP contribution in [0.2, 0.25) is 0 Å². The van der Waals surface area contributed by atoms with Gasteiger partial charge < -0.3 is 14.4 Å². The average Bonchev–Trinajstić information content (AvgIpc) is 4.06. The normalized spacial score (nSPS) is 16.9. The molecule has 3 aliphatic rings. The fourth-order valence-electron chi connectivity index (χ4n) is 10.1. The predicted octanol–water partition coefficient (Wildman–Crippen LogP) is 18.4. The summed E-state index contributed by atoms with van der Waals surface area (Å²) >= 11 is 3.77. The van der Waals surface area contributed by atoms with Crippen molar-refractivity contribution in [2.45, 2.75) is 148 Å². The minimum absolute atomic E-state index is 0.0505. The Kier molecular flexibility index (Phi) is 16.6. The van der Waals surface area contributed by atoms with E-state index in [0.29, 0.717) is 11.8 Å². The first-order chi connectivity index (χ1) is 32.5. The lowest BCUT2D eigenvalue weighted by atomic mass is 9.71. The maximum absolute atomic E-state index is 6.10. The molecule has 0 saturated heterocycles. The minimum atomic E-state index is 0.0505. The van der Waals surface area contributed by atoms with Gasteiger partial charge in [0.15, 0.2) is 0 Å². The SMILES string of the molecule is C#Cc1cc2c(s1)-c1sc(-c3ccc(N(C4=CCC(c5ccc(OCCCCCC)cc5)C=C4)c4ccc(C5C=CC(OCCCCCC)=CC5)cc4)cc3)cc1C2(CCCC)CCCC. The largest absolute Gasteiger partial charge is 0.494 e. The molecular formula is C61H71NO2S2. The highest BCUT2D eigenvalue weighted by Crippen LogP contribution is 2.60. The van der Waals surface area contributed by atoms with Crippen LogP contribution < -0.4 is 9.64 Å². The molecule has 2 unspecified atom stereocenters. The van der Waals surface area contributed by atoms with E-state index in [9.17, 15) is 0 Å². The molecule has 3 aromatic carbocycles. The van der Waals surface area contributed by atoms with Crippen LogP contribution in [0.25, 0.3) is 20.2 Å². The van der Waals surface area contributed by atoms with Crippen molar-refractivity contribution < 1.29 is 9.47 Å². The summed E-state index contributed by atoms with van der Waals surface area (Å²) in [4.78, 5) is 7.69. The van der Waals surface area contributed by atoms with Gasteiger partial charge in [-0.2, -0.15) is 0 Å². The van der Waals surface area contributed by atoms with Crippen LogP contribution in [-0.4, -0.2) is 13.2 Å². The zero-order chi connectivity index (χ0) is 45.7. The molecule has 5 aromatic rings. The predicted molar refractivity (Wildman–Crippen MR) is 285 cm³/mol. The van der Waals surface area contributed by atoms with Gasteiger partial charge in [-0.1, -0.05) is 152 Å². The van der Waals surface area contributed by atoms with Gasteiger partial charge in [-0.05, 0) is 133 Å². The van der Waals surface area contributed by atoms with E-state index in [1.54, 1.807) is 0 Å².